The van der Waals surface area contributed by atoms with Crippen molar-refractivity contribution in [1.29, 1.82) is 0 Å². The normalized spacial score (nSPS) is 17.9. The van der Waals surface area contributed by atoms with Crippen LogP contribution in [-0.2, 0) is 24.3 Å². The summed E-state index contributed by atoms with van der Waals surface area (Å²) in [6, 6.07) is 4.58. The van der Waals surface area contributed by atoms with Crippen LogP contribution < -0.4 is 9.47 Å². The van der Waals surface area contributed by atoms with Crippen LogP contribution in [0.25, 0.3) is 0 Å². The van der Waals surface area contributed by atoms with E-state index in [1.54, 1.807) is 12.1 Å². The van der Waals surface area contributed by atoms with Gasteiger partial charge in [-0.1, -0.05) is 0 Å². The minimum Gasteiger partial charge on any atom is -0.497 e. The Balaban J connectivity index is 1.62. The van der Waals surface area contributed by atoms with E-state index in [4.69, 9.17) is 14.2 Å². The van der Waals surface area contributed by atoms with E-state index in [0.29, 0.717) is 5.75 Å². The van der Waals surface area contributed by atoms with E-state index in [1.165, 1.54) is 29.5 Å². The zero-order valence-corrected chi connectivity index (χ0v) is 16.7. The summed E-state index contributed by atoms with van der Waals surface area (Å²) >= 11 is 0. The van der Waals surface area contributed by atoms with Gasteiger partial charge in [-0.3, -0.25) is 9.59 Å². The van der Waals surface area contributed by atoms with Crippen LogP contribution in [0.4, 0.5) is 0 Å². The average Bonchev–Trinajstić information content (AvgIpc) is 3.56. The molecule has 1 aromatic carbocycles. The molecule has 0 unspecified atom stereocenters. The molecule has 1 aliphatic heterocycles. The zero-order valence-electron chi connectivity index (χ0n) is 15.9. The number of methoxy groups -OCH3 is 2. The number of benzene rings is 1. The summed E-state index contributed by atoms with van der Waals surface area (Å²) in [5, 5.41) is 0. The average molecular weight is 412 g/mol. The van der Waals surface area contributed by atoms with E-state index >= 15 is 0 Å². The van der Waals surface area contributed by atoms with Gasteiger partial charge in [-0.2, -0.15) is 4.31 Å². The fourth-order valence-corrected chi connectivity index (χ4v) is 4.56. The number of rotatable bonds is 7. The van der Waals surface area contributed by atoms with Crippen molar-refractivity contribution >= 4 is 21.9 Å². The SMILES string of the molecule is COc1ccc(OC)c(S(=O)(=O)N2CCN(C(=O)COC(=O)C3CC3)CC2)c1. The first-order valence-electron chi connectivity index (χ1n) is 9.03. The first kappa shape index (κ1) is 20.4. The summed E-state index contributed by atoms with van der Waals surface area (Å²) in [4.78, 5) is 25.3. The number of amides is 1. The minimum atomic E-state index is -3.81. The van der Waals surface area contributed by atoms with Crippen molar-refractivity contribution < 1.29 is 32.2 Å². The van der Waals surface area contributed by atoms with Gasteiger partial charge in [0.15, 0.2) is 6.61 Å². The molecule has 9 nitrogen and oxygen atoms in total. The Morgan fingerprint density at radius 2 is 1.75 bits per heavy atom. The molecule has 1 aliphatic carbocycles. The van der Waals surface area contributed by atoms with Gasteiger partial charge >= 0.3 is 5.97 Å². The van der Waals surface area contributed by atoms with Crippen molar-refractivity contribution in [3.8, 4) is 11.5 Å². The van der Waals surface area contributed by atoms with Crippen LogP contribution in [0.5, 0.6) is 11.5 Å². The van der Waals surface area contributed by atoms with Crippen molar-refractivity contribution in [2.24, 2.45) is 5.92 Å². The molecule has 154 valence electrons. The third-order valence-electron chi connectivity index (χ3n) is 4.83. The number of hydrogen-bond acceptors (Lipinski definition) is 7. The molecule has 1 aromatic rings. The molecule has 1 heterocycles. The monoisotopic (exact) mass is 412 g/mol. The summed E-state index contributed by atoms with van der Waals surface area (Å²) in [6.45, 7) is 0.443. The van der Waals surface area contributed by atoms with Gasteiger partial charge < -0.3 is 19.1 Å². The Morgan fingerprint density at radius 3 is 2.32 bits per heavy atom. The van der Waals surface area contributed by atoms with Crippen LogP contribution in [0.2, 0.25) is 0 Å². The molecule has 2 aliphatic rings. The van der Waals surface area contributed by atoms with E-state index < -0.39 is 10.0 Å². The van der Waals surface area contributed by atoms with Gasteiger partial charge in [0.05, 0.1) is 20.1 Å². The molecule has 2 fully saturated rings. The molecule has 1 saturated heterocycles. The molecule has 28 heavy (non-hydrogen) atoms. The second-order valence-corrected chi connectivity index (χ2v) is 8.59. The van der Waals surface area contributed by atoms with Crippen LogP contribution in [0.15, 0.2) is 23.1 Å². The first-order chi connectivity index (χ1) is 13.4. The van der Waals surface area contributed by atoms with Crippen LogP contribution in [-0.4, -0.2) is 76.5 Å². The van der Waals surface area contributed by atoms with Gasteiger partial charge in [0.2, 0.25) is 10.0 Å². The molecule has 1 saturated carbocycles. The maximum atomic E-state index is 13.0. The number of hydrogen-bond donors (Lipinski definition) is 0. The molecule has 0 spiro atoms. The van der Waals surface area contributed by atoms with Gasteiger partial charge in [-0.05, 0) is 25.0 Å². The van der Waals surface area contributed by atoms with Crippen molar-refractivity contribution in [3.63, 3.8) is 0 Å². The Hall–Kier alpha value is -2.33. The van der Waals surface area contributed by atoms with Gasteiger partial charge in [-0.25, -0.2) is 8.42 Å². The molecule has 3 rings (SSSR count). The topological polar surface area (TPSA) is 102 Å². The van der Waals surface area contributed by atoms with E-state index in [9.17, 15) is 18.0 Å². The van der Waals surface area contributed by atoms with E-state index in [1.807, 2.05) is 0 Å². The number of ether oxygens (including phenoxy) is 3. The molecule has 0 aromatic heterocycles. The fraction of sp³-hybridized carbons (Fsp3) is 0.556. The predicted octanol–water partition coefficient (Wildman–Crippen LogP) is 0.490. The summed E-state index contributed by atoms with van der Waals surface area (Å²) in [6.07, 6.45) is 1.63. The molecule has 1 amide bonds. The number of nitrogens with zero attached hydrogens (tertiary/aromatic N) is 2. The second kappa shape index (κ2) is 8.36. The lowest BCUT2D eigenvalue weighted by atomic mass is 10.3. The van der Waals surface area contributed by atoms with Crippen LogP contribution >= 0.6 is 0 Å². The number of sulfonamides is 1. The summed E-state index contributed by atoms with van der Waals surface area (Å²) < 4.78 is 42.7. The molecule has 0 N–H and O–H groups in total. The Morgan fingerprint density at radius 1 is 1.07 bits per heavy atom. The third-order valence-corrected chi connectivity index (χ3v) is 6.75. The van der Waals surface area contributed by atoms with Gasteiger partial charge in [0.25, 0.3) is 5.91 Å². The fourth-order valence-electron chi connectivity index (χ4n) is 2.96. The van der Waals surface area contributed by atoms with E-state index in [2.05, 4.69) is 0 Å². The standard InChI is InChI=1S/C18H24N2O7S/c1-25-14-5-6-15(26-2)16(11-14)28(23,24)20-9-7-19(8-10-20)17(21)12-27-18(22)13-3-4-13/h5-6,11,13H,3-4,7-10,12H2,1-2H3. The smallest absolute Gasteiger partial charge is 0.309 e. The highest BCUT2D eigenvalue weighted by atomic mass is 32.2. The van der Waals surface area contributed by atoms with Gasteiger partial charge in [0, 0.05) is 32.2 Å². The van der Waals surface area contributed by atoms with Crippen molar-refractivity contribution in [2.45, 2.75) is 17.7 Å². The highest BCUT2D eigenvalue weighted by Gasteiger charge is 2.34. The summed E-state index contributed by atoms with van der Waals surface area (Å²) in [7, 11) is -0.950. The number of carbonyl (C=O) groups excluding carboxylic acids is 2. The van der Waals surface area contributed by atoms with Crippen LogP contribution in [0.1, 0.15) is 12.8 Å². The lowest BCUT2D eigenvalue weighted by molar-refractivity contribution is -0.153. The lowest BCUT2D eigenvalue weighted by Crippen LogP contribution is -2.51. The largest absolute Gasteiger partial charge is 0.497 e. The number of carbonyl (C=O) groups is 2. The third kappa shape index (κ3) is 4.39. The minimum absolute atomic E-state index is 0.0208. The number of piperazine rings is 1. The molecular weight excluding hydrogens is 388 g/mol. The maximum Gasteiger partial charge on any atom is 0.309 e. The zero-order chi connectivity index (χ0) is 20.3. The second-order valence-electron chi connectivity index (χ2n) is 6.68. The van der Waals surface area contributed by atoms with Crippen molar-refractivity contribution in [2.75, 3.05) is 47.0 Å². The van der Waals surface area contributed by atoms with E-state index in [-0.39, 0.29) is 61.2 Å². The number of esters is 1. The van der Waals surface area contributed by atoms with E-state index in [0.717, 1.165) is 12.8 Å². The molecule has 10 heteroatoms. The highest BCUT2D eigenvalue weighted by molar-refractivity contribution is 7.89. The van der Waals surface area contributed by atoms with Crippen molar-refractivity contribution in [1.82, 2.24) is 9.21 Å². The Labute approximate surface area is 164 Å². The predicted molar refractivity (Wildman–Crippen MR) is 98.6 cm³/mol. The maximum absolute atomic E-state index is 13.0. The van der Waals surface area contributed by atoms with Gasteiger partial charge in [0.1, 0.15) is 16.4 Å². The van der Waals surface area contributed by atoms with Crippen LogP contribution in [0.3, 0.4) is 0 Å². The highest BCUT2D eigenvalue weighted by Crippen LogP contribution is 2.31. The first-order valence-corrected chi connectivity index (χ1v) is 10.5. The molecule has 0 radical (unpaired) electrons. The van der Waals surface area contributed by atoms with Crippen LogP contribution in [0, 0.1) is 5.92 Å². The summed E-state index contributed by atoms with van der Waals surface area (Å²) in [5.74, 6) is -0.0747. The Kier molecular flexibility index (Phi) is 6.09. The molecular formula is C18H24N2O7S. The van der Waals surface area contributed by atoms with Crippen molar-refractivity contribution in [3.05, 3.63) is 18.2 Å². The molecule has 0 atom stereocenters. The quantitative estimate of drug-likeness (QED) is 0.601. The van der Waals surface area contributed by atoms with Gasteiger partial charge in [-0.15, -0.1) is 0 Å². The Bertz CT molecular complexity index is 843. The lowest BCUT2D eigenvalue weighted by Gasteiger charge is -2.34. The molecule has 0 bridgehead atoms. The summed E-state index contributed by atoms with van der Waals surface area (Å²) in [5.41, 5.74) is 0.